The Hall–Kier alpha value is -6.35. The molecule has 0 spiro atoms. The number of pyridine rings is 1. The number of carbonyl (C=O) groups is 1. The standard InChI is InChI=1S/C38H37N11O/c1-47-25-31(22-43-47)29-12-17-35(40-20-29)49(38(50)42-19-27-8-4-2-5-9-27)34-15-13-33(14-16-34)45-37-41-21-30(18-39)36(46-37)32-23-44-48(26-32)24-28-10-6-3-7-11-28/h2-12,17,20-23,25-26,33-34H,13-16,19,24H2,1H3,(H,42,50)(H,41,45,46). The average Bonchev–Trinajstić information content (AvgIpc) is 3.82. The van der Waals surface area contributed by atoms with Crippen LogP contribution in [0.3, 0.4) is 0 Å². The van der Waals surface area contributed by atoms with Gasteiger partial charge in [0.15, 0.2) is 0 Å². The Morgan fingerprint density at radius 3 is 2.26 bits per heavy atom. The molecule has 0 atom stereocenters. The van der Waals surface area contributed by atoms with Crippen LogP contribution >= 0.6 is 0 Å². The van der Waals surface area contributed by atoms with Gasteiger partial charge < -0.3 is 10.6 Å². The van der Waals surface area contributed by atoms with Crippen molar-refractivity contribution in [2.45, 2.75) is 50.9 Å². The first-order chi connectivity index (χ1) is 24.5. The van der Waals surface area contributed by atoms with Gasteiger partial charge in [-0.15, -0.1) is 0 Å². The number of amides is 2. The zero-order valence-electron chi connectivity index (χ0n) is 27.7. The van der Waals surface area contributed by atoms with Crippen LogP contribution in [0.25, 0.3) is 22.4 Å². The van der Waals surface area contributed by atoms with Gasteiger partial charge in [-0.05, 0) is 48.9 Å². The number of hydrogen-bond acceptors (Lipinski definition) is 8. The summed E-state index contributed by atoms with van der Waals surface area (Å²) in [6.07, 6.45) is 13.9. The second kappa shape index (κ2) is 14.8. The van der Waals surface area contributed by atoms with Crippen LogP contribution in [0.2, 0.25) is 0 Å². The van der Waals surface area contributed by atoms with Crippen LogP contribution in [-0.4, -0.2) is 52.6 Å². The summed E-state index contributed by atoms with van der Waals surface area (Å²) in [6.45, 7) is 1.04. The number of aromatic nitrogens is 7. The van der Waals surface area contributed by atoms with Crippen LogP contribution in [-0.2, 0) is 20.1 Å². The Bertz CT molecular complexity index is 2080. The molecule has 1 fully saturated rings. The van der Waals surface area contributed by atoms with Gasteiger partial charge in [-0.1, -0.05) is 60.7 Å². The van der Waals surface area contributed by atoms with E-state index >= 15 is 0 Å². The molecule has 2 N–H and O–H groups in total. The van der Waals surface area contributed by atoms with E-state index in [2.05, 4.69) is 44.0 Å². The van der Waals surface area contributed by atoms with Crippen molar-refractivity contribution in [1.29, 1.82) is 5.26 Å². The topological polar surface area (TPSA) is 142 Å². The molecule has 1 aliphatic carbocycles. The Kier molecular flexibility index (Phi) is 9.55. The fourth-order valence-corrected chi connectivity index (χ4v) is 6.34. The molecular weight excluding hydrogens is 626 g/mol. The lowest BCUT2D eigenvalue weighted by atomic mass is 9.90. The molecule has 0 radical (unpaired) electrons. The molecule has 50 heavy (non-hydrogen) atoms. The Labute approximate surface area is 290 Å². The second-order valence-electron chi connectivity index (χ2n) is 12.5. The van der Waals surface area contributed by atoms with Crippen LogP contribution in [0.15, 0.2) is 110 Å². The summed E-state index contributed by atoms with van der Waals surface area (Å²) < 4.78 is 3.59. The fraction of sp³-hybridized carbons (Fsp3) is 0.237. The highest BCUT2D eigenvalue weighted by Crippen LogP contribution is 2.30. The fourth-order valence-electron chi connectivity index (χ4n) is 6.34. The Balaban J connectivity index is 1.04. The van der Waals surface area contributed by atoms with Crippen LogP contribution in [0.5, 0.6) is 0 Å². The molecule has 2 aromatic carbocycles. The van der Waals surface area contributed by atoms with E-state index in [-0.39, 0.29) is 18.1 Å². The highest BCUT2D eigenvalue weighted by Gasteiger charge is 2.31. The van der Waals surface area contributed by atoms with Crippen molar-refractivity contribution in [1.82, 2.24) is 39.8 Å². The van der Waals surface area contributed by atoms with Crippen molar-refractivity contribution in [3.8, 4) is 28.5 Å². The molecule has 1 aliphatic rings. The smallest absolute Gasteiger partial charge is 0.323 e. The molecule has 0 unspecified atom stereocenters. The van der Waals surface area contributed by atoms with Gasteiger partial charge in [-0.2, -0.15) is 15.5 Å². The summed E-state index contributed by atoms with van der Waals surface area (Å²) in [6, 6.07) is 25.9. The molecule has 0 saturated heterocycles. The van der Waals surface area contributed by atoms with E-state index < -0.39 is 0 Å². The number of urea groups is 1. The number of nitrogens with one attached hydrogen (secondary N) is 2. The Morgan fingerprint density at radius 1 is 0.840 bits per heavy atom. The third-order valence-corrected chi connectivity index (χ3v) is 8.94. The molecule has 12 nitrogen and oxygen atoms in total. The molecule has 6 aromatic rings. The molecule has 1 saturated carbocycles. The molecule has 12 heteroatoms. The van der Waals surface area contributed by atoms with Crippen LogP contribution in [0, 0.1) is 11.3 Å². The summed E-state index contributed by atoms with van der Waals surface area (Å²) in [5.74, 6) is 1.07. The van der Waals surface area contributed by atoms with E-state index in [1.54, 1.807) is 34.4 Å². The molecule has 0 bridgehead atoms. The van der Waals surface area contributed by atoms with Gasteiger partial charge in [0.05, 0.1) is 36.4 Å². The van der Waals surface area contributed by atoms with Gasteiger partial charge in [0.2, 0.25) is 5.95 Å². The van der Waals surface area contributed by atoms with E-state index in [0.29, 0.717) is 36.1 Å². The van der Waals surface area contributed by atoms with E-state index in [1.165, 1.54) is 0 Å². The normalized spacial score (nSPS) is 15.6. The highest BCUT2D eigenvalue weighted by molar-refractivity contribution is 5.91. The SMILES string of the molecule is Cn1cc(-c2ccc(N(C(=O)NCc3ccccc3)C3CCC(Nc4ncc(C#N)c(-c5cnn(Cc6ccccc6)c5)n4)CC3)nc2)cn1. The minimum Gasteiger partial charge on any atom is -0.351 e. The third-order valence-electron chi connectivity index (χ3n) is 8.94. The number of nitriles is 1. The molecular formula is C38H37N11O. The van der Waals surface area contributed by atoms with Crippen LogP contribution in [0.1, 0.15) is 42.4 Å². The van der Waals surface area contributed by atoms with Gasteiger partial charge in [0.1, 0.15) is 11.9 Å². The van der Waals surface area contributed by atoms with Crippen molar-refractivity contribution in [3.63, 3.8) is 0 Å². The summed E-state index contributed by atoms with van der Waals surface area (Å²) in [5, 5.41) is 25.2. The summed E-state index contributed by atoms with van der Waals surface area (Å²) in [7, 11) is 1.88. The molecule has 0 aliphatic heterocycles. The summed E-state index contributed by atoms with van der Waals surface area (Å²) in [4.78, 5) is 29.5. The number of nitrogens with zero attached hydrogens (tertiary/aromatic N) is 9. The van der Waals surface area contributed by atoms with Crippen molar-refractivity contribution < 1.29 is 4.79 Å². The number of hydrogen-bond donors (Lipinski definition) is 2. The van der Waals surface area contributed by atoms with E-state index in [0.717, 1.165) is 53.5 Å². The molecule has 4 aromatic heterocycles. The zero-order valence-corrected chi connectivity index (χ0v) is 27.7. The van der Waals surface area contributed by atoms with Crippen molar-refractivity contribution in [2.75, 3.05) is 10.2 Å². The van der Waals surface area contributed by atoms with E-state index in [4.69, 9.17) is 9.97 Å². The number of rotatable bonds is 10. The van der Waals surface area contributed by atoms with Gasteiger partial charge in [0, 0.05) is 61.0 Å². The van der Waals surface area contributed by atoms with Crippen LogP contribution in [0.4, 0.5) is 16.6 Å². The summed E-state index contributed by atoms with van der Waals surface area (Å²) >= 11 is 0. The maximum absolute atomic E-state index is 13.8. The second-order valence-corrected chi connectivity index (χ2v) is 12.5. The predicted molar refractivity (Wildman–Crippen MR) is 191 cm³/mol. The lowest BCUT2D eigenvalue weighted by molar-refractivity contribution is 0.240. The van der Waals surface area contributed by atoms with Crippen molar-refractivity contribution >= 4 is 17.8 Å². The average molecular weight is 664 g/mol. The van der Waals surface area contributed by atoms with Gasteiger partial charge in [0.25, 0.3) is 0 Å². The first kappa shape index (κ1) is 32.2. The van der Waals surface area contributed by atoms with E-state index in [1.807, 2.05) is 84.8 Å². The number of anilines is 2. The molecule has 4 heterocycles. The van der Waals surface area contributed by atoms with Crippen LogP contribution < -0.4 is 15.5 Å². The lowest BCUT2D eigenvalue weighted by Crippen LogP contribution is -2.49. The maximum Gasteiger partial charge on any atom is 0.323 e. The minimum atomic E-state index is -0.181. The first-order valence-electron chi connectivity index (χ1n) is 16.7. The van der Waals surface area contributed by atoms with Crippen molar-refractivity contribution in [2.24, 2.45) is 7.05 Å². The Morgan fingerprint density at radius 2 is 1.58 bits per heavy atom. The van der Waals surface area contributed by atoms with Gasteiger partial charge in [-0.3, -0.25) is 14.3 Å². The zero-order chi connectivity index (χ0) is 34.3. The lowest BCUT2D eigenvalue weighted by Gasteiger charge is -2.36. The highest BCUT2D eigenvalue weighted by atomic mass is 16.2. The molecule has 7 rings (SSSR count). The predicted octanol–water partition coefficient (Wildman–Crippen LogP) is 6.20. The maximum atomic E-state index is 13.8. The van der Waals surface area contributed by atoms with Gasteiger partial charge in [-0.25, -0.2) is 19.7 Å². The first-order valence-corrected chi connectivity index (χ1v) is 16.7. The monoisotopic (exact) mass is 663 g/mol. The number of benzene rings is 2. The van der Waals surface area contributed by atoms with Crippen molar-refractivity contribution in [3.05, 3.63) is 127 Å². The third kappa shape index (κ3) is 7.52. The molecule has 250 valence electrons. The summed E-state index contributed by atoms with van der Waals surface area (Å²) in [5.41, 5.74) is 5.74. The number of carbonyl (C=O) groups excluding carboxylic acids is 1. The quantitative estimate of drug-likeness (QED) is 0.177. The number of aryl methyl sites for hydroxylation is 1. The largest absolute Gasteiger partial charge is 0.351 e. The molecule has 2 amide bonds. The van der Waals surface area contributed by atoms with E-state index in [9.17, 15) is 10.1 Å². The minimum absolute atomic E-state index is 0.0477. The van der Waals surface area contributed by atoms with Gasteiger partial charge >= 0.3 is 6.03 Å².